The van der Waals surface area contributed by atoms with E-state index < -0.39 is 0 Å². The molecule has 4 aromatic rings. The van der Waals surface area contributed by atoms with Crippen LogP contribution >= 0.6 is 22.9 Å². The third-order valence-corrected chi connectivity index (χ3v) is 6.64. The first-order valence-corrected chi connectivity index (χ1v) is 11.2. The Balaban J connectivity index is 1.59. The van der Waals surface area contributed by atoms with Crippen LogP contribution in [0.5, 0.6) is 0 Å². The lowest BCUT2D eigenvalue weighted by Crippen LogP contribution is -2.45. The Morgan fingerprint density at radius 2 is 1.93 bits per heavy atom. The van der Waals surface area contributed by atoms with E-state index >= 15 is 0 Å². The lowest BCUT2D eigenvalue weighted by molar-refractivity contribution is 0.365. The van der Waals surface area contributed by atoms with Crippen LogP contribution in [-0.2, 0) is 0 Å². The minimum atomic E-state index is -0.0985. The molecular weight excluding hydrogens is 416 g/mol. The van der Waals surface area contributed by atoms with Crippen LogP contribution in [0.3, 0.4) is 0 Å². The minimum Gasteiger partial charge on any atom is -0.384 e. The summed E-state index contributed by atoms with van der Waals surface area (Å²) in [5, 5.41) is 11.5. The molecule has 1 aliphatic heterocycles. The summed E-state index contributed by atoms with van der Waals surface area (Å²) in [5.41, 5.74) is 3.86. The van der Waals surface area contributed by atoms with E-state index in [2.05, 4.69) is 32.7 Å². The predicted molar refractivity (Wildman–Crippen MR) is 124 cm³/mol. The summed E-state index contributed by atoms with van der Waals surface area (Å²) in [5.74, 6) is 0.599. The maximum absolute atomic E-state index is 12.2. The number of benzene rings is 2. The summed E-state index contributed by atoms with van der Waals surface area (Å²) in [6, 6.07) is 15.8. The van der Waals surface area contributed by atoms with Gasteiger partial charge in [0.05, 0.1) is 11.4 Å². The Morgan fingerprint density at radius 3 is 2.63 bits per heavy atom. The van der Waals surface area contributed by atoms with E-state index in [1.807, 2.05) is 41.9 Å². The maximum atomic E-state index is 12.2. The van der Waals surface area contributed by atoms with Crippen LogP contribution in [0.15, 0.2) is 64.9 Å². The van der Waals surface area contributed by atoms with Crippen molar-refractivity contribution in [2.24, 2.45) is 5.92 Å². The van der Waals surface area contributed by atoms with E-state index in [4.69, 9.17) is 11.6 Å². The molecule has 3 heterocycles. The summed E-state index contributed by atoms with van der Waals surface area (Å²) in [6.07, 6.45) is 1.83. The molecule has 0 aliphatic carbocycles. The van der Waals surface area contributed by atoms with Crippen LogP contribution in [0.2, 0.25) is 5.02 Å². The Kier molecular flexibility index (Phi) is 5.29. The quantitative estimate of drug-likeness (QED) is 0.417. The van der Waals surface area contributed by atoms with Crippen LogP contribution in [0.4, 0.5) is 5.69 Å². The van der Waals surface area contributed by atoms with Crippen LogP contribution in [0.1, 0.15) is 22.1 Å². The molecular formula is C23H21ClN4OS. The molecule has 0 saturated carbocycles. The van der Waals surface area contributed by atoms with E-state index in [0.717, 1.165) is 52.4 Å². The third-order valence-electron chi connectivity index (χ3n) is 5.55. The number of aromatic nitrogens is 2. The highest BCUT2D eigenvalue weighted by Crippen LogP contribution is 2.35. The van der Waals surface area contributed by atoms with Crippen molar-refractivity contribution in [2.45, 2.75) is 5.92 Å². The molecule has 1 unspecified atom stereocenters. The van der Waals surface area contributed by atoms with Crippen LogP contribution in [0.25, 0.3) is 10.9 Å². The Morgan fingerprint density at radius 1 is 1.13 bits per heavy atom. The zero-order valence-electron chi connectivity index (χ0n) is 16.2. The minimum absolute atomic E-state index is 0.00211. The molecule has 0 spiro atoms. The number of hydrogen-bond donors (Lipinski definition) is 3. The second-order valence-corrected chi connectivity index (χ2v) is 8.97. The third kappa shape index (κ3) is 3.86. The molecule has 5 nitrogen and oxygen atoms in total. The van der Waals surface area contributed by atoms with E-state index in [9.17, 15) is 4.79 Å². The molecule has 1 saturated heterocycles. The zero-order valence-corrected chi connectivity index (χ0v) is 17.8. The fourth-order valence-corrected chi connectivity index (χ4v) is 4.77. The van der Waals surface area contributed by atoms with Gasteiger partial charge in [-0.1, -0.05) is 29.8 Å². The topological polar surface area (TPSA) is 69.8 Å². The molecule has 3 N–H and O–H groups in total. The van der Waals surface area contributed by atoms with E-state index in [-0.39, 0.29) is 11.5 Å². The van der Waals surface area contributed by atoms with Gasteiger partial charge in [0.2, 0.25) is 5.56 Å². The number of nitrogens with one attached hydrogen (secondary N) is 3. The Hall–Kier alpha value is -2.67. The van der Waals surface area contributed by atoms with E-state index in [0.29, 0.717) is 10.9 Å². The van der Waals surface area contributed by atoms with Gasteiger partial charge in [-0.05, 0) is 35.4 Å². The molecule has 2 aromatic carbocycles. The van der Waals surface area contributed by atoms with Gasteiger partial charge in [0.1, 0.15) is 5.01 Å². The second-order valence-electron chi connectivity index (χ2n) is 7.61. The molecule has 0 bridgehead atoms. The monoisotopic (exact) mass is 436 g/mol. The number of halogens is 1. The molecule has 1 aliphatic rings. The van der Waals surface area contributed by atoms with E-state index in [1.165, 1.54) is 0 Å². The largest absolute Gasteiger partial charge is 0.384 e. The lowest BCUT2D eigenvalue weighted by atomic mass is 9.90. The van der Waals surface area contributed by atoms with Crippen molar-refractivity contribution in [1.82, 2.24) is 15.3 Å². The number of pyridine rings is 1. The van der Waals surface area contributed by atoms with Crippen molar-refractivity contribution in [1.29, 1.82) is 0 Å². The Bertz CT molecular complexity index is 1220. The van der Waals surface area contributed by atoms with Gasteiger partial charge in [0.25, 0.3) is 0 Å². The number of fused-ring (bicyclic) bond motifs is 1. The average Bonchev–Trinajstić information content (AvgIpc) is 3.23. The van der Waals surface area contributed by atoms with Gasteiger partial charge in [-0.3, -0.25) is 4.79 Å². The smallest absolute Gasteiger partial charge is 0.250 e. The average molecular weight is 437 g/mol. The molecule has 5 rings (SSSR count). The maximum Gasteiger partial charge on any atom is 0.250 e. The highest BCUT2D eigenvalue weighted by molar-refractivity contribution is 7.09. The number of thiazole rings is 1. The molecule has 152 valence electrons. The number of aromatic amines is 1. The fraction of sp³-hybridized carbons (Fsp3) is 0.217. The van der Waals surface area contributed by atoms with Crippen molar-refractivity contribution in [3.05, 3.63) is 91.6 Å². The molecule has 1 atom stereocenters. The molecule has 30 heavy (non-hydrogen) atoms. The zero-order chi connectivity index (χ0) is 20.5. The standard InChI is InChI=1S/C23H21ClN4OS/c24-17-4-1-15(2-5-17)22(23-26-7-8-30-23)16-3-6-19-18(9-16)20(10-21(29)28-19)27-13-14-11-25-12-14/h1-10,14,22,25H,11-13H2,(H2,27,28,29). The summed E-state index contributed by atoms with van der Waals surface area (Å²) in [7, 11) is 0. The van der Waals surface area contributed by atoms with Gasteiger partial charge in [-0.15, -0.1) is 11.3 Å². The SMILES string of the molecule is O=c1cc(NCC2CNC2)c2cc(C(c3ccc(Cl)cc3)c3nccs3)ccc2[nH]1. The molecule has 0 amide bonds. The number of H-pyrrole nitrogens is 1. The van der Waals surface area contributed by atoms with Crippen molar-refractivity contribution >= 4 is 39.5 Å². The number of nitrogens with zero attached hydrogens (tertiary/aromatic N) is 1. The van der Waals surface area contributed by atoms with Crippen molar-refractivity contribution in [3.63, 3.8) is 0 Å². The molecule has 0 radical (unpaired) electrons. The van der Waals surface area contributed by atoms with E-state index in [1.54, 1.807) is 17.4 Å². The summed E-state index contributed by atoms with van der Waals surface area (Å²) >= 11 is 7.76. The van der Waals surface area contributed by atoms with Gasteiger partial charge >= 0.3 is 0 Å². The lowest BCUT2D eigenvalue weighted by Gasteiger charge is -2.27. The summed E-state index contributed by atoms with van der Waals surface area (Å²) in [4.78, 5) is 19.7. The number of hydrogen-bond acceptors (Lipinski definition) is 5. The molecule has 7 heteroatoms. The van der Waals surface area contributed by atoms with Crippen molar-refractivity contribution < 1.29 is 0 Å². The molecule has 1 fully saturated rings. The van der Waals surface area contributed by atoms with Gasteiger partial charge in [0, 0.05) is 59.3 Å². The first-order valence-electron chi connectivity index (χ1n) is 9.94. The van der Waals surface area contributed by atoms with Crippen molar-refractivity contribution in [3.8, 4) is 0 Å². The normalized spacial score (nSPS) is 15.1. The summed E-state index contributed by atoms with van der Waals surface area (Å²) < 4.78 is 0. The summed E-state index contributed by atoms with van der Waals surface area (Å²) in [6.45, 7) is 2.88. The Labute approximate surface area is 183 Å². The van der Waals surface area contributed by atoms with Crippen molar-refractivity contribution in [2.75, 3.05) is 25.0 Å². The van der Waals surface area contributed by atoms with Crippen LogP contribution in [-0.4, -0.2) is 29.6 Å². The van der Waals surface area contributed by atoms with Gasteiger partial charge < -0.3 is 15.6 Å². The highest BCUT2D eigenvalue weighted by Gasteiger charge is 2.21. The highest BCUT2D eigenvalue weighted by atomic mass is 35.5. The number of anilines is 1. The van der Waals surface area contributed by atoms with Gasteiger partial charge in [-0.25, -0.2) is 4.98 Å². The fourth-order valence-electron chi connectivity index (χ4n) is 3.85. The van der Waals surface area contributed by atoms with Gasteiger partial charge in [0.15, 0.2) is 0 Å². The van der Waals surface area contributed by atoms with Crippen LogP contribution in [0, 0.1) is 5.92 Å². The first-order chi connectivity index (χ1) is 14.7. The second kappa shape index (κ2) is 8.22. The van der Waals surface area contributed by atoms with Crippen LogP contribution < -0.4 is 16.2 Å². The predicted octanol–water partition coefficient (Wildman–Crippen LogP) is 4.45. The first kappa shape index (κ1) is 19.3. The molecule has 2 aromatic heterocycles. The van der Waals surface area contributed by atoms with Gasteiger partial charge in [-0.2, -0.15) is 0 Å². The number of rotatable bonds is 6.